The highest BCUT2D eigenvalue weighted by atomic mass is 35.5. The standard InChI is InChI=1S/C19H21ClN2O5S/c1-3-27-19(24)12-18(16-6-4-5-7-17(16)20)22-28(25,26)15-10-8-14(9-11-15)21-13(2)23/h4-11,18,22H,3,12H2,1-2H3,(H,21,23). The molecule has 0 aliphatic carbocycles. The highest BCUT2D eigenvalue weighted by Crippen LogP contribution is 2.27. The van der Waals surface area contributed by atoms with Crippen LogP contribution in [-0.2, 0) is 24.3 Å². The van der Waals surface area contributed by atoms with Crippen molar-refractivity contribution >= 4 is 39.2 Å². The molecule has 7 nitrogen and oxygen atoms in total. The lowest BCUT2D eigenvalue weighted by molar-refractivity contribution is -0.143. The molecule has 1 atom stereocenters. The number of ether oxygens (including phenoxy) is 1. The Hall–Kier alpha value is -2.42. The number of rotatable bonds is 8. The smallest absolute Gasteiger partial charge is 0.307 e. The topological polar surface area (TPSA) is 102 Å². The fourth-order valence-corrected chi connectivity index (χ4v) is 4.02. The van der Waals surface area contributed by atoms with Crippen LogP contribution in [0.3, 0.4) is 0 Å². The van der Waals surface area contributed by atoms with Crippen LogP contribution in [0.25, 0.3) is 0 Å². The van der Waals surface area contributed by atoms with Crippen molar-refractivity contribution in [2.24, 2.45) is 0 Å². The molecule has 2 rings (SSSR count). The predicted molar refractivity (Wildman–Crippen MR) is 107 cm³/mol. The lowest BCUT2D eigenvalue weighted by atomic mass is 10.1. The van der Waals surface area contributed by atoms with E-state index in [2.05, 4.69) is 10.0 Å². The Kier molecular flexibility index (Phi) is 7.56. The molecule has 0 aliphatic heterocycles. The van der Waals surface area contributed by atoms with Gasteiger partial charge in [0.1, 0.15) is 0 Å². The predicted octanol–water partition coefficient (Wildman–Crippen LogP) is 3.27. The SMILES string of the molecule is CCOC(=O)CC(NS(=O)(=O)c1ccc(NC(C)=O)cc1)c1ccccc1Cl. The van der Waals surface area contributed by atoms with Crippen LogP contribution in [0.4, 0.5) is 5.69 Å². The van der Waals surface area contributed by atoms with Gasteiger partial charge >= 0.3 is 5.97 Å². The highest BCUT2D eigenvalue weighted by molar-refractivity contribution is 7.89. The molecule has 0 aliphatic rings. The van der Waals surface area contributed by atoms with E-state index < -0.39 is 22.0 Å². The van der Waals surface area contributed by atoms with Crippen LogP contribution >= 0.6 is 11.6 Å². The molecular formula is C19H21ClN2O5S. The van der Waals surface area contributed by atoms with E-state index in [0.717, 1.165) is 0 Å². The van der Waals surface area contributed by atoms with Gasteiger partial charge in [-0.05, 0) is 42.8 Å². The van der Waals surface area contributed by atoms with Gasteiger partial charge in [-0.1, -0.05) is 29.8 Å². The zero-order valence-electron chi connectivity index (χ0n) is 15.4. The molecule has 2 N–H and O–H groups in total. The molecule has 0 fully saturated rings. The summed E-state index contributed by atoms with van der Waals surface area (Å²) in [6.07, 6.45) is -0.208. The summed E-state index contributed by atoms with van der Waals surface area (Å²) >= 11 is 6.20. The Labute approximate surface area is 169 Å². The van der Waals surface area contributed by atoms with Crippen LogP contribution in [0.1, 0.15) is 31.9 Å². The molecule has 2 aromatic carbocycles. The fraction of sp³-hybridized carbons (Fsp3) is 0.263. The Morgan fingerprint density at radius 2 is 1.75 bits per heavy atom. The van der Waals surface area contributed by atoms with E-state index >= 15 is 0 Å². The summed E-state index contributed by atoms with van der Waals surface area (Å²) in [5, 5.41) is 2.90. The van der Waals surface area contributed by atoms with Gasteiger partial charge in [0.15, 0.2) is 0 Å². The minimum atomic E-state index is -3.96. The third-order valence-corrected chi connectivity index (χ3v) is 5.57. The number of amides is 1. The number of anilines is 1. The summed E-state index contributed by atoms with van der Waals surface area (Å²) < 4.78 is 33.1. The van der Waals surface area contributed by atoms with Gasteiger partial charge in [-0.3, -0.25) is 9.59 Å². The maximum Gasteiger partial charge on any atom is 0.307 e. The van der Waals surface area contributed by atoms with Gasteiger partial charge in [-0.15, -0.1) is 0 Å². The second-order valence-electron chi connectivity index (χ2n) is 5.91. The molecular weight excluding hydrogens is 404 g/mol. The Balaban J connectivity index is 2.29. The van der Waals surface area contributed by atoms with E-state index in [9.17, 15) is 18.0 Å². The quantitative estimate of drug-likeness (QED) is 0.633. The summed E-state index contributed by atoms with van der Waals surface area (Å²) in [5.41, 5.74) is 0.941. The van der Waals surface area contributed by atoms with Crippen molar-refractivity contribution < 1.29 is 22.7 Å². The van der Waals surface area contributed by atoms with Crippen molar-refractivity contribution in [3.8, 4) is 0 Å². The Bertz CT molecular complexity index is 945. The molecule has 0 saturated heterocycles. The number of nitrogens with one attached hydrogen (secondary N) is 2. The first-order chi connectivity index (χ1) is 13.2. The first-order valence-electron chi connectivity index (χ1n) is 8.53. The molecule has 28 heavy (non-hydrogen) atoms. The van der Waals surface area contributed by atoms with Crippen molar-refractivity contribution in [3.63, 3.8) is 0 Å². The van der Waals surface area contributed by atoms with Crippen molar-refractivity contribution in [2.45, 2.75) is 31.2 Å². The number of benzene rings is 2. The lowest BCUT2D eigenvalue weighted by Gasteiger charge is -2.20. The van der Waals surface area contributed by atoms with E-state index in [1.807, 2.05) is 0 Å². The molecule has 1 amide bonds. The van der Waals surface area contributed by atoms with E-state index in [1.54, 1.807) is 31.2 Å². The summed E-state index contributed by atoms with van der Waals surface area (Å²) in [6, 6.07) is 11.5. The second-order valence-corrected chi connectivity index (χ2v) is 8.03. The van der Waals surface area contributed by atoms with Crippen LogP contribution < -0.4 is 10.0 Å². The van der Waals surface area contributed by atoms with Crippen LogP contribution in [0, 0.1) is 0 Å². The van der Waals surface area contributed by atoms with Crippen LogP contribution in [0.5, 0.6) is 0 Å². The van der Waals surface area contributed by atoms with E-state index in [4.69, 9.17) is 16.3 Å². The minimum Gasteiger partial charge on any atom is -0.466 e. The molecule has 9 heteroatoms. The van der Waals surface area contributed by atoms with Gasteiger partial charge in [-0.25, -0.2) is 13.1 Å². The monoisotopic (exact) mass is 424 g/mol. The van der Waals surface area contributed by atoms with Gasteiger partial charge in [0.2, 0.25) is 15.9 Å². The number of halogens is 1. The van der Waals surface area contributed by atoms with Crippen LogP contribution in [0.2, 0.25) is 5.02 Å². The maximum absolute atomic E-state index is 12.8. The molecule has 2 aromatic rings. The number of sulfonamides is 1. The average Bonchev–Trinajstić information content (AvgIpc) is 2.61. The second kappa shape index (κ2) is 9.68. The third kappa shape index (κ3) is 6.05. The maximum atomic E-state index is 12.8. The van der Waals surface area contributed by atoms with Crippen LogP contribution in [0.15, 0.2) is 53.4 Å². The van der Waals surface area contributed by atoms with Crippen molar-refractivity contribution in [3.05, 3.63) is 59.1 Å². The van der Waals surface area contributed by atoms with Gasteiger partial charge in [0.25, 0.3) is 0 Å². The largest absolute Gasteiger partial charge is 0.466 e. The van der Waals surface area contributed by atoms with Crippen molar-refractivity contribution in [1.29, 1.82) is 0 Å². The first-order valence-corrected chi connectivity index (χ1v) is 10.4. The highest BCUT2D eigenvalue weighted by Gasteiger charge is 2.25. The van der Waals surface area contributed by atoms with Crippen LogP contribution in [-0.4, -0.2) is 26.9 Å². The molecule has 0 spiro atoms. The zero-order valence-corrected chi connectivity index (χ0v) is 17.0. The summed E-state index contributed by atoms with van der Waals surface area (Å²) in [5.74, 6) is -0.807. The number of carbonyl (C=O) groups excluding carboxylic acids is 2. The van der Waals surface area contributed by atoms with Gasteiger partial charge in [0.05, 0.1) is 24.0 Å². The normalized spacial score (nSPS) is 12.2. The van der Waals surface area contributed by atoms with E-state index in [-0.39, 0.29) is 23.8 Å². The first kappa shape index (κ1) is 21.9. The minimum absolute atomic E-state index is 0.0116. The summed E-state index contributed by atoms with van der Waals surface area (Å²) in [4.78, 5) is 23.0. The molecule has 1 unspecified atom stereocenters. The molecule has 150 valence electrons. The molecule has 0 bridgehead atoms. The number of carbonyl (C=O) groups is 2. The lowest BCUT2D eigenvalue weighted by Crippen LogP contribution is -2.31. The van der Waals surface area contributed by atoms with Gasteiger partial charge in [0, 0.05) is 17.6 Å². The average molecular weight is 425 g/mol. The molecule has 0 saturated carbocycles. The molecule has 0 aromatic heterocycles. The van der Waals surface area contributed by atoms with E-state index in [1.165, 1.54) is 31.2 Å². The molecule has 0 heterocycles. The number of hydrogen-bond acceptors (Lipinski definition) is 5. The zero-order chi connectivity index (χ0) is 20.7. The van der Waals surface area contributed by atoms with Gasteiger partial charge < -0.3 is 10.1 Å². The van der Waals surface area contributed by atoms with Gasteiger partial charge in [-0.2, -0.15) is 0 Å². The van der Waals surface area contributed by atoms with Crippen molar-refractivity contribution in [2.75, 3.05) is 11.9 Å². The Morgan fingerprint density at radius 1 is 1.11 bits per heavy atom. The number of hydrogen-bond donors (Lipinski definition) is 2. The van der Waals surface area contributed by atoms with Crippen molar-refractivity contribution in [1.82, 2.24) is 4.72 Å². The van der Waals surface area contributed by atoms with E-state index in [0.29, 0.717) is 16.3 Å². The Morgan fingerprint density at radius 3 is 2.32 bits per heavy atom. The number of esters is 1. The fourth-order valence-electron chi connectivity index (χ4n) is 2.54. The molecule has 0 radical (unpaired) electrons. The summed E-state index contributed by atoms with van der Waals surface area (Å²) in [7, 11) is -3.96. The summed E-state index contributed by atoms with van der Waals surface area (Å²) in [6.45, 7) is 3.21. The third-order valence-electron chi connectivity index (χ3n) is 3.74.